The molecular formula is C20H22N2O3. The van der Waals surface area contributed by atoms with E-state index in [0.29, 0.717) is 12.3 Å². The minimum absolute atomic E-state index is 0.0907. The zero-order valence-electron chi connectivity index (χ0n) is 14.2. The fraction of sp³-hybridized carbons (Fsp3) is 0.300. The van der Waals surface area contributed by atoms with Gasteiger partial charge in [0.1, 0.15) is 5.75 Å². The molecule has 2 aromatic carbocycles. The zero-order valence-corrected chi connectivity index (χ0v) is 14.2. The Bertz CT molecular complexity index is 724. The van der Waals surface area contributed by atoms with Gasteiger partial charge in [-0.1, -0.05) is 30.3 Å². The van der Waals surface area contributed by atoms with Crippen molar-refractivity contribution >= 4 is 17.5 Å². The van der Waals surface area contributed by atoms with Crippen molar-refractivity contribution in [3.8, 4) is 5.75 Å². The summed E-state index contributed by atoms with van der Waals surface area (Å²) in [7, 11) is 0. The minimum Gasteiger partial charge on any atom is -0.481 e. The van der Waals surface area contributed by atoms with Gasteiger partial charge in [-0.25, -0.2) is 0 Å². The highest BCUT2D eigenvalue weighted by molar-refractivity contribution is 5.94. The van der Waals surface area contributed by atoms with Crippen molar-refractivity contribution in [3.05, 3.63) is 60.2 Å². The van der Waals surface area contributed by atoms with Crippen LogP contribution >= 0.6 is 0 Å². The first-order valence-corrected chi connectivity index (χ1v) is 8.51. The highest BCUT2D eigenvalue weighted by atomic mass is 16.5. The third-order valence-electron chi connectivity index (χ3n) is 4.06. The molecule has 1 fully saturated rings. The number of carbonyl (C=O) groups excluding carboxylic acids is 2. The fourth-order valence-corrected chi connectivity index (χ4v) is 2.39. The summed E-state index contributed by atoms with van der Waals surface area (Å²) in [5.41, 5.74) is 1.75. The summed E-state index contributed by atoms with van der Waals surface area (Å²) in [6.07, 6.45) is 1.40. The van der Waals surface area contributed by atoms with Gasteiger partial charge in [-0.2, -0.15) is 0 Å². The van der Waals surface area contributed by atoms with Crippen molar-refractivity contribution < 1.29 is 14.3 Å². The molecule has 1 aliphatic rings. The van der Waals surface area contributed by atoms with Gasteiger partial charge in [0, 0.05) is 18.2 Å². The maximum atomic E-state index is 12.1. The van der Waals surface area contributed by atoms with E-state index in [4.69, 9.17) is 4.74 Å². The molecule has 0 aromatic heterocycles. The lowest BCUT2D eigenvalue weighted by atomic mass is 10.2. The quantitative estimate of drug-likeness (QED) is 0.815. The van der Waals surface area contributed by atoms with Crippen molar-refractivity contribution in [2.24, 2.45) is 5.92 Å². The molecule has 1 saturated carbocycles. The molecule has 1 unspecified atom stereocenters. The second kappa shape index (κ2) is 7.83. The van der Waals surface area contributed by atoms with Gasteiger partial charge in [-0.3, -0.25) is 9.59 Å². The van der Waals surface area contributed by atoms with Gasteiger partial charge < -0.3 is 15.4 Å². The molecule has 2 amide bonds. The molecule has 0 saturated heterocycles. The Hall–Kier alpha value is -2.82. The van der Waals surface area contributed by atoms with Gasteiger partial charge in [0.15, 0.2) is 6.10 Å². The number of para-hydroxylation sites is 1. The first kappa shape index (κ1) is 17.0. The number of amides is 2. The largest absolute Gasteiger partial charge is 0.481 e. The van der Waals surface area contributed by atoms with Crippen molar-refractivity contribution in [2.75, 3.05) is 5.32 Å². The monoisotopic (exact) mass is 338 g/mol. The Kier molecular flexibility index (Phi) is 5.33. The lowest BCUT2D eigenvalue weighted by molar-refractivity contribution is -0.127. The van der Waals surface area contributed by atoms with Gasteiger partial charge in [0.25, 0.3) is 5.91 Å². The summed E-state index contributed by atoms with van der Waals surface area (Å²) < 4.78 is 5.60. The van der Waals surface area contributed by atoms with E-state index in [9.17, 15) is 9.59 Å². The van der Waals surface area contributed by atoms with E-state index in [2.05, 4.69) is 10.6 Å². The van der Waals surface area contributed by atoms with E-state index < -0.39 is 6.10 Å². The molecule has 1 atom stereocenters. The van der Waals surface area contributed by atoms with Crippen LogP contribution < -0.4 is 15.4 Å². The number of benzene rings is 2. The number of nitrogens with one attached hydrogen (secondary N) is 2. The second-order valence-corrected chi connectivity index (χ2v) is 6.25. The van der Waals surface area contributed by atoms with Crippen molar-refractivity contribution in [1.82, 2.24) is 5.32 Å². The smallest absolute Gasteiger partial charge is 0.261 e. The number of anilines is 1. The van der Waals surface area contributed by atoms with Gasteiger partial charge in [0.2, 0.25) is 5.91 Å². The van der Waals surface area contributed by atoms with Crippen LogP contribution in [0.25, 0.3) is 0 Å². The lowest BCUT2D eigenvalue weighted by Gasteiger charge is -2.14. The lowest BCUT2D eigenvalue weighted by Crippen LogP contribution is -2.35. The first-order chi connectivity index (χ1) is 12.1. The maximum Gasteiger partial charge on any atom is 0.261 e. The molecule has 0 bridgehead atoms. The highest BCUT2D eigenvalue weighted by Crippen LogP contribution is 2.30. The van der Waals surface area contributed by atoms with Crippen LogP contribution in [-0.4, -0.2) is 17.9 Å². The van der Waals surface area contributed by atoms with Crippen LogP contribution in [-0.2, 0) is 16.1 Å². The van der Waals surface area contributed by atoms with E-state index in [0.717, 1.165) is 24.1 Å². The van der Waals surface area contributed by atoms with Crippen LogP contribution in [0, 0.1) is 5.92 Å². The van der Waals surface area contributed by atoms with E-state index in [1.807, 2.05) is 54.6 Å². The van der Waals surface area contributed by atoms with Gasteiger partial charge >= 0.3 is 0 Å². The molecule has 0 aliphatic heterocycles. The number of ether oxygens (including phenoxy) is 1. The molecular weight excluding hydrogens is 316 g/mol. The van der Waals surface area contributed by atoms with E-state index in [1.54, 1.807) is 6.92 Å². The molecule has 130 valence electrons. The molecule has 2 aromatic rings. The normalized spacial score (nSPS) is 14.4. The molecule has 5 heteroatoms. The standard InChI is InChI=1S/C20H22N2O3/c1-14(25-18-5-3-2-4-6-18)19(23)21-13-15-7-11-17(12-8-15)22-20(24)16-9-10-16/h2-8,11-12,14,16H,9-10,13H2,1H3,(H,21,23)(H,22,24). The summed E-state index contributed by atoms with van der Waals surface area (Å²) in [5.74, 6) is 0.772. The summed E-state index contributed by atoms with van der Waals surface area (Å²) in [4.78, 5) is 23.8. The Balaban J connectivity index is 1.45. The van der Waals surface area contributed by atoms with Crippen molar-refractivity contribution in [2.45, 2.75) is 32.4 Å². The molecule has 25 heavy (non-hydrogen) atoms. The van der Waals surface area contributed by atoms with Crippen LogP contribution in [0.3, 0.4) is 0 Å². The molecule has 0 heterocycles. The Morgan fingerprint density at radius 1 is 1.08 bits per heavy atom. The topological polar surface area (TPSA) is 67.4 Å². The Morgan fingerprint density at radius 3 is 2.40 bits per heavy atom. The second-order valence-electron chi connectivity index (χ2n) is 6.25. The Labute approximate surface area is 147 Å². The summed E-state index contributed by atoms with van der Waals surface area (Å²) in [6.45, 7) is 2.14. The van der Waals surface area contributed by atoms with Gasteiger partial charge in [-0.15, -0.1) is 0 Å². The SMILES string of the molecule is CC(Oc1ccccc1)C(=O)NCc1ccc(NC(=O)C2CC2)cc1. The molecule has 0 radical (unpaired) electrons. The van der Waals surface area contributed by atoms with E-state index in [-0.39, 0.29) is 17.7 Å². The van der Waals surface area contributed by atoms with Crippen molar-refractivity contribution in [3.63, 3.8) is 0 Å². The fourth-order valence-electron chi connectivity index (χ4n) is 2.39. The number of carbonyl (C=O) groups is 2. The van der Waals surface area contributed by atoms with Gasteiger partial charge in [-0.05, 0) is 49.6 Å². The average Bonchev–Trinajstić information content (AvgIpc) is 3.47. The van der Waals surface area contributed by atoms with Gasteiger partial charge in [0.05, 0.1) is 0 Å². The summed E-state index contributed by atoms with van der Waals surface area (Å²) in [6, 6.07) is 16.8. The first-order valence-electron chi connectivity index (χ1n) is 8.51. The molecule has 2 N–H and O–H groups in total. The van der Waals surface area contributed by atoms with E-state index >= 15 is 0 Å². The number of rotatable bonds is 7. The van der Waals surface area contributed by atoms with Crippen LogP contribution in [0.2, 0.25) is 0 Å². The highest BCUT2D eigenvalue weighted by Gasteiger charge is 2.29. The van der Waals surface area contributed by atoms with Crippen LogP contribution in [0.1, 0.15) is 25.3 Å². The van der Waals surface area contributed by atoms with E-state index in [1.165, 1.54) is 0 Å². The predicted octanol–water partition coefficient (Wildman–Crippen LogP) is 3.12. The van der Waals surface area contributed by atoms with Crippen LogP contribution in [0.4, 0.5) is 5.69 Å². The molecule has 5 nitrogen and oxygen atoms in total. The average molecular weight is 338 g/mol. The Morgan fingerprint density at radius 2 is 1.76 bits per heavy atom. The summed E-state index contributed by atoms with van der Waals surface area (Å²) in [5, 5.41) is 5.75. The molecule has 3 rings (SSSR count). The third-order valence-corrected chi connectivity index (χ3v) is 4.06. The molecule has 0 spiro atoms. The summed E-state index contributed by atoms with van der Waals surface area (Å²) >= 11 is 0. The van der Waals surface area contributed by atoms with Crippen LogP contribution in [0.5, 0.6) is 5.75 Å². The number of hydrogen-bond acceptors (Lipinski definition) is 3. The minimum atomic E-state index is -0.570. The van der Waals surface area contributed by atoms with Crippen LogP contribution in [0.15, 0.2) is 54.6 Å². The zero-order chi connectivity index (χ0) is 17.6. The van der Waals surface area contributed by atoms with Crippen molar-refractivity contribution in [1.29, 1.82) is 0 Å². The third kappa shape index (κ3) is 5.08. The number of hydrogen-bond donors (Lipinski definition) is 2. The predicted molar refractivity (Wildman–Crippen MR) is 96.2 cm³/mol. The molecule has 1 aliphatic carbocycles. The maximum absolute atomic E-state index is 12.1.